The normalized spacial score (nSPS) is 14.0. The fraction of sp³-hybridized carbons (Fsp3) is 0.150. The smallest absolute Gasteiger partial charge is 0.228 e. The van der Waals surface area contributed by atoms with Crippen molar-refractivity contribution < 1.29 is 4.74 Å². The van der Waals surface area contributed by atoms with Crippen LogP contribution < -0.4 is 0 Å². The molecule has 0 saturated carbocycles. The Balaban J connectivity index is 1.96. The Morgan fingerprint density at radius 1 is 1.08 bits per heavy atom. The second kappa shape index (κ2) is 6.42. The summed E-state index contributed by atoms with van der Waals surface area (Å²) in [6, 6.07) is 17.0. The van der Waals surface area contributed by atoms with Gasteiger partial charge in [0.2, 0.25) is 12.3 Å². The summed E-state index contributed by atoms with van der Waals surface area (Å²) in [7, 11) is 0. The number of aliphatic imine (C=N–C) groups is 1. The predicted octanol–water partition coefficient (Wildman–Crippen LogP) is 4.09. The van der Waals surface area contributed by atoms with Crippen molar-refractivity contribution in [3.63, 3.8) is 0 Å². The van der Waals surface area contributed by atoms with Gasteiger partial charge in [0.25, 0.3) is 0 Å². The molecule has 0 saturated heterocycles. The standard InChI is InChI=1S/C20H17ClN4O/c1-13-10-14(2)25(23-13)19-12-24(26)20(15-6-4-3-5-7-15)17-11-16(21)8-9-18(17)22-19/h3-11H,12H2,1-2H3. The molecule has 5 nitrogen and oxygen atoms in total. The molecule has 0 bridgehead atoms. The van der Waals surface area contributed by atoms with Crippen LogP contribution in [0.25, 0.3) is 0 Å². The number of hydroxylamine groups is 1. The Morgan fingerprint density at radius 3 is 2.54 bits per heavy atom. The van der Waals surface area contributed by atoms with E-state index in [2.05, 4.69) is 5.10 Å². The van der Waals surface area contributed by atoms with E-state index in [4.69, 9.17) is 16.6 Å². The molecule has 1 aliphatic heterocycles. The van der Waals surface area contributed by atoms with Gasteiger partial charge in [-0.3, -0.25) is 0 Å². The first kappa shape index (κ1) is 16.5. The van der Waals surface area contributed by atoms with Gasteiger partial charge in [-0.2, -0.15) is 9.84 Å². The van der Waals surface area contributed by atoms with E-state index in [0.29, 0.717) is 22.3 Å². The third-order valence-corrected chi connectivity index (χ3v) is 4.53. The first-order valence-corrected chi connectivity index (χ1v) is 8.69. The lowest BCUT2D eigenvalue weighted by molar-refractivity contribution is -0.439. The highest BCUT2D eigenvalue weighted by molar-refractivity contribution is 6.31. The van der Waals surface area contributed by atoms with E-state index in [1.54, 1.807) is 16.8 Å². The van der Waals surface area contributed by atoms with Crippen LogP contribution in [-0.4, -0.2) is 32.6 Å². The summed E-state index contributed by atoms with van der Waals surface area (Å²) < 4.78 is 2.69. The van der Waals surface area contributed by atoms with E-state index < -0.39 is 0 Å². The van der Waals surface area contributed by atoms with Gasteiger partial charge < -0.3 is 5.21 Å². The van der Waals surface area contributed by atoms with E-state index in [1.807, 2.05) is 56.3 Å². The molecule has 1 aromatic heterocycles. The number of fused-ring (bicyclic) bond motifs is 1. The first-order valence-electron chi connectivity index (χ1n) is 8.31. The average Bonchev–Trinajstić information content (AvgIpc) is 2.88. The molecular formula is C20H17ClN4O. The van der Waals surface area contributed by atoms with E-state index in [9.17, 15) is 5.21 Å². The molecule has 6 heteroatoms. The molecular weight excluding hydrogens is 348 g/mol. The lowest BCUT2D eigenvalue weighted by Crippen LogP contribution is -2.27. The molecule has 2 aromatic carbocycles. The van der Waals surface area contributed by atoms with Gasteiger partial charge in [-0.05, 0) is 50.2 Å². The Morgan fingerprint density at radius 2 is 1.85 bits per heavy atom. The second-order valence-electron chi connectivity index (χ2n) is 6.28. The molecule has 0 aliphatic carbocycles. The maximum Gasteiger partial charge on any atom is 0.228 e. The number of hydrogen-bond donors (Lipinski definition) is 0. The Bertz CT molecular complexity index is 1050. The maximum absolute atomic E-state index is 13.1. The zero-order valence-electron chi connectivity index (χ0n) is 14.5. The van der Waals surface area contributed by atoms with Gasteiger partial charge in [-0.15, -0.1) is 0 Å². The molecule has 0 radical (unpaired) electrons. The Labute approximate surface area is 156 Å². The topological polar surface area (TPSA) is 56.2 Å². The molecule has 130 valence electrons. The maximum atomic E-state index is 13.1. The molecule has 2 heterocycles. The number of aromatic nitrogens is 2. The second-order valence-corrected chi connectivity index (χ2v) is 6.72. The van der Waals surface area contributed by atoms with Gasteiger partial charge >= 0.3 is 0 Å². The molecule has 26 heavy (non-hydrogen) atoms. The van der Waals surface area contributed by atoms with Crippen LogP contribution in [0.5, 0.6) is 0 Å². The van der Waals surface area contributed by atoms with Crippen molar-refractivity contribution >= 4 is 28.8 Å². The number of benzene rings is 2. The van der Waals surface area contributed by atoms with Crippen LogP contribution in [0.1, 0.15) is 22.5 Å². The lowest BCUT2D eigenvalue weighted by Gasteiger charge is -2.11. The highest BCUT2D eigenvalue weighted by atomic mass is 35.5. The van der Waals surface area contributed by atoms with Crippen molar-refractivity contribution in [2.45, 2.75) is 13.8 Å². The molecule has 0 N–H and O–H groups in total. The third kappa shape index (κ3) is 2.91. The van der Waals surface area contributed by atoms with Gasteiger partial charge in [0, 0.05) is 16.3 Å². The fourth-order valence-corrected chi connectivity index (χ4v) is 3.38. The average molecular weight is 365 g/mol. The van der Waals surface area contributed by atoms with Crippen LogP contribution in [-0.2, 0) is 0 Å². The molecule has 0 amide bonds. The largest absolute Gasteiger partial charge is 0.623 e. The summed E-state index contributed by atoms with van der Waals surface area (Å²) in [6.45, 7) is 3.97. The number of aryl methyl sites for hydroxylation is 2. The van der Waals surface area contributed by atoms with Crippen LogP contribution in [0.3, 0.4) is 0 Å². The molecule has 3 aromatic rings. The van der Waals surface area contributed by atoms with Crippen molar-refractivity contribution in [2.24, 2.45) is 4.99 Å². The van der Waals surface area contributed by atoms with Crippen LogP contribution in [0.2, 0.25) is 5.02 Å². The summed E-state index contributed by atoms with van der Waals surface area (Å²) in [5.41, 5.74) is 4.63. The highest BCUT2D eigenvalue weighted by Crippen LogP contribution is 2.28. The molecule has 0 fully saturated rings. The summed E-state index contributed by atoms with van der Waals surface area (Å²) in [5.74, 6) is 0.583. The summed E-state index contributed by atoms with van der Waals surface area (Å²) in [6.07, 6.45) is 0. The van der Waals surface area contributed by atoms with Gasteiger partial charge in [0.05, 0.1) is 16.9 Å². The minimum atomic E-state index is 0.0957. The zero-order valence-corrected chi connectivity index (χ0v) is 15.2. The quantitative estimate of drug-likeness (QED) is 0.482. The van der Waals surface area contributed by atoms with Crippen molar-refractivity contribution in [3.05, 3.63) is 87.3 Å². The van der Waals surface area contributed by atoms with E-state index in [0.717, 1.165) is 27.3 Å². The van der Waals surface area contributed by atoms with Crippen molar-refractivity contribution in [1.82, 2.24) is 9.78 Å². The predicted molar refractivity (Wildman–Crippen MR) is 104 cm³/mol. The van der Waals surface area contributed by atoms with Gasteiger partial charge in [-0.25, -0.2) is 9.67 Å². The molecule has 0 unspecified atom stereocenters. The molecule has 4 rings (SSSR count). The number of nitrogens with zero attached hydrogens (tertiary/aromatic N) is 4. The first-order chi connectivity index (χ1) is 12.5. The van der Waals surface area contributed by atoms with Gasteiger partial charge in [-0.1, -0.05) is 29.8 Å². The van der Waals surface area contributed by atoms with Crippen molar-refractivity contribution in [2.75, 3.05) is 6.54 Å². The van der Waals surface area contributed by atoms with E-state index in [-0.39, 0.29) is 6.54 Å². The van der Waals surface area contributed by atoms with E-state index >= 15 is 0 Å². The lowest BCUT2D eigenvalue weighted by atomic mass is 10.0. The van der Waals surface area contributed by atoms with Crippen LogP contribution >= 0.6 is 11.6 Å². The fourth-order valence-electron chi connectivity index (χ4n) is 3.21. The summed E-state index contributed by atoms with van der Waals surface area (Å²) >= 11 is 6.21. The van der Waals surface area contributed by atoms with Crippen LogP contribution in [0, 0.1) is 19.1 Å². The molecule has 0 spiro atoms. The number of halogens is 1. The number of rotatable bonds is 1. The van der Waals surface area contributed by atoms with Crippen LogP contribution in [0.4, 0.5) is 5.69 Å². The van der Waals surface area contributed by atoms with Crippen molar-refractivity contribution in [3.8, 4) is 0 Å². The third-order valence-electron chi connectivity index (χ3n) is 4.30. The van der Waals surface area contributed by atoms with Crippen molar-refractivity contribution in [1.29, 1.82) is 0 Å². The monoisotopic (exact) mass is 364 g/mol. The highest BCUT2D eigenvalue weighted by Gasteiger charge is 2.26. The zero-order chi connectivity index (χ0) is 18.3. The summed E-state index contributed by atoms with van der Waals surface area (Å²) in [4.78, 5) is 4.75. The minimum absolute atomic E-state index is 0.0957. The molecule has 0 atom stereocenters. The van der Waals surface area contributed by atoms with Gasteiger partial charge in [0.15, 0.2) is 5.84 Å². The summed E-state index contributed by atoms with van der Waals surface area (Å²) in [5, 5.41) is 18.2. The molecule has 1 aliphatic rings. The van der Waals surface area contributed by atoms with E-state index in [1.165, 1.54) is 0 Å². The SMILES string of the molecule is Cc1cc(C)n(C2=Nc3ccc(Cl)cc3C(c3ccccc3)=[N+]([O-])C2)n1. The van der Waals surface area contributed by atoms with Gasteiger partial charge in [0.1, 0.15) is 0 Å². The Hall–Kier alpha value is -2.92. The number of hydrogen-bond acceptors (Lipinski definition) is 3. The minimum Gasteiger partial charge on any atom is -0.623 e. The Kier molecular flexibility index (Phi) is 4.09. The van der Waals surface area contributed by atoms with Crippen LogP contribution in [0.15, 0.2) is 59.6 Å².